The zero-order valence-electron chi connectivity index (χ0n) is 15.0. The molecule has 4 rings (SSSR count). The second kappa shape index (κ2) is 6.06. The molecule has 0 aliphatic carbocycles. The summed E-state index contributed by atoms with van der Waals surface area (Å²) >= 11 is 0. The lowest BCUT2D eigenvalue weighted by atomic mass is 9.99. The molecule has 1 aromatic carbocycles. The summed E-state index contributed by atoms with van der Waals surface area (Å²) in [6.45, 7) is 6.33. The van der Waals surface area contributed by atoms with Gasteiger partial charge in [-0.3, -0.25) is 4.40 Å². The van der Waals surface area contributed by atoms with Gasteiger partial charge >= 0.3 is 5.97 Å². The lowest BCUT2D eigenvalue weighted by molar-refractivity contribution is 0.0601. The summed E-state index contributed by atoms with van der Waals surface area (Å²) < 4.78 is 7.13. The van der Waals surface area contributed by atoms with E-state index in [0.717, 1.165) is 41.4 Å². The number of aryl methyl sites for hydroxylation is 1. The molecule has 25 heavy (non-hydrogen) atoms. The maximum atomic E-state index is 12.4. The van der Waals surface area contributed by atoms with Crippen molar-refractivity contribution in [2.75, 3.05) is 25.1 Å². The molecular weight excluding hydrogens is 314 g/mol. The van der Waals surface area contributed by atoms with E-state index in [1.165, 1.54) is 20.0 Å². The minimum atomic E-state index is -0.336. The van der Waals surface area contributed by atoms with E-state index in [9.17, 15) is 4.79 Å². The molecule has 3 aromatic rings. The third-order valence-corrected chi connectivity index (χ3v) is 5.25. The number of carbonyl (C=O) groups excluding carboxylic acids is 1. The molecule has 0 atom stereocenters. The summed E-state index contributed by atoms with van der Waals surface area (Å²) in [4.78, 5) is 19.5. The molecule has 5 nitrogen and oxygen atoms in total. The molecule has 0 bridgehead atoms. The fourth-order valence-corrected chi connectivity index (χ4v) is 3.76. The number of piperidine rings is 1. The molecule has 5 heteroatoms. The molecule has 0 radical (unpaired) electrons. The van der Waals surface area contributed by atoms with Crippen LogP contribution < -0.4 is 4.90 Å². The third-order valence-electron chi connectivity index (χ3n) is 5.25. The minimum absolute atomic E-state index is 0.336. The van der Waals surface area contributed by atoms with Crippen LogP contribution in [0.15, 0.2) is 30.3 Å². The average molecular weight is 337 g/mol. The number of anilines is 1. The first-order chi connectivity index (χ1) is 12.1. The quantitative estimate of drug-likeness (QED) is 0.667. The van der Waals surface area contributed by atoms with Gasteiger partial charge in [0.05, 0.1) is 18.1 Å². The number of benzene rings is 1. The molecule has 0 N–H and O–H groups in total. The number of carbonyl (C=O) groups is 1. The SMILES string of the molecule is COC(=O)c1c(C)cc(N2CCC(C)CC2)n2c1nc1ccccc12. The Bertz CT molecular complexity index is 952. The number of esters is 1. The van der Waals surface area contributed by atoms with Crippen molar-refractivity contribution in [3.63, 3.8) is 0 Å². The minimum Gasteiger partial charge on any atom is -0.465 e. The van der Waals surface area contributed by atoms with E-state index >= 15 is 0 Å². The highest BCUT2D eigenvalue weighted by atomic mass is 16.5. The Morgan fingerprint density at radius 2 is 1.96 bits per heavy atom. The van der Waals surface area contributed by atoms with Crippen molar-refractivity contribution in [3.05, 3.63) is 41.5 Å². The standard InChI is InChI=1S/C20H23N3O2/c1-13-8-10-22(11-9-13)17-12-14(2)18(20(24)25-3)19-21-15-6-4-5-7-16(15)23(17)19/h4-7,12-13H,8-11H2,1-3H3. The summed E-state index contributed by atoms with van der Waals surface area (Å²) in [5, 5.41) is 0. The van der Waals surface area contributed by atoms with Gasteiger partial charge in [0.2, 0.25) is 0 Å². The van der Waals surface area contributed by atoms with Gasteiger partial charge in [0.25, 0.3) is 0 Å². The number of imidazole rings is 1. The number of hydrogen-bond donors (Lipinski definition) is 0. The van der Waals surface area contributed by atoms with Crippen LogP contribution in [-0.2, 0) is 4.74 Å². The molecule has 1 aliphatic heterocycles. The van der Waals surface area contributed by atoms with Gasteiger partial charge in [0.1, 0.15) is 11.4 Å². The zero-order chi connectivity index (χ0) is 17.6. The van der Waals surface area contributed by atoms with Crippen LogP contribution in [0, 0.1) is 12.8 Å². The van der Waals surface area contributed by atoms with Gasteiger partial charge in [-0.1, -0.05) is 19.1 Å². The highest BCUT2D eigenvalue weighted by molar-refractivity contribution is 6.00. The van der Waals surface area contributed by atoms with Crippen LogP contribution in [-0.4, -0.2) is 35.6 Å². The van der Waals surface area contributed by atoms with E-state index in [1.807, 2.05) is 25.1 Å². The van der Waals surface area contributed by atoms with Gasteiger partial charge in [-0.05, 0) is 49.4 Å². The fraction of sp³-hybridized carbons (Fsp3) is 0.400. The maximum absolute atomic E-state index is 12.4. The van der Waals surface area contributed by atoms with Crippen LogP contribution in [0.3, 0.4) is 0 Å². The molecular formula is C20H23N3O2. The number of aromatic nitrogens is 2. The summed E-state index contributed by atoms with van der Waals surface area (Å²) in [7, 11) is 1.42. The molecule has 3 heterocycles. The van der Waals surface area contributed by atoms with Crippen molar-refractivity contribution in [1.29, 1.82) is 0 Å². The highest BCUT2D eigenvalue weighted by Crippen LogP contribution is 2.31. The summed E-state index contributed by atoms with van der Waals surface area (Å²) in [5.41, 5.74) is 4.05. The number of nitrogens with zero attached hydrogens (tertiary/aromatic N) is 3. The Labute approximate surface area is 147 Å². The maximum Gasteiger partial charge on any atom is 0.341 e. The van der Waals surface area contributed by atoms with Gasteiger partial charge < -0.3 is 9.64 Å². The van der Waals surface area contributed by atoms with Crippen molar-refractivity contribution in [1.82, 2.24) is 9.38 Å². The molecule has 2 aromatic heterocycles. The number of methoxy groups -OCH3 is 1. The highest BCUT2D eigenvalue weighted by Gasteiger charge is 2.24. The fourth-order valence-electron chi connectivity index (χ4n) is 3.76. The van der Waals surface area contributed by atoms with Gasteiger partial charge in [0, 0.05) is 13.1 Å². The summed E-state index contributed by atoms with van der Waals surface area (Å²) in [6, 6.07) is 10.1. The molecule has 130 valence electrons. The molecule has 1 fully saturated rings. The predicted molar refractivity (Wildman–Crippen MR) is 99.4 cm³/mol. The summed E-state index contributed by atoms with van der Waals surface area (Å²) in [6.07, 6.45) is 2.37. The number of pyridine rings is 1. The van der Waals surface area contributed by atoms with Crippen molar-refractivity contribution in [2.24, 2.45) is 5.92 Å². The molecule has 0 saturated carbocycles. The lowest BCUT2D eigenvalue weighted by Gasteiger charge is -2.33. The van der Waals surface area contributed by atoms with Crippen molar-refractivity contribution in [2.45, 2.75) is 26.7 Å². The smallest absolute Gasteiger partial charge is 0.341 e. The normalized spacial score (nSPS) is 15.9. The van der Waals surface area contributed by atoms with Crippen molar-refractivity contribution < 1.29 is 9.53 Å². The van der Waals surface area contributed by atoms with Gasteiger partial charge in [-0.2, -0.15) is 0 Å². The number of para-hydroxylation sites is 2. The third kappa shape index (κ3) is 2.54. The topological polar surface area (TPSA) is 46.8 Å². The molecule has 1 aliphatic rings. The van der Waals surface area contributed by atoms with Gasteiger partial charge in [0.15, 0.2) is 5.65 Å². The first kappa shape index (κ1) is 15.9. The second-order valence-electron chi connectivity index (χ2n) is 6.98. The van der Waals surface area contributed by atoms with Gasteiger partial charge in [-0.15, -0.1) is 0 Å². The first-order valence-electron chi connectivity index (χ1n) is 8.84. The Kier molecular flexibility index (Phi) is 3.86. The number of fused-ring (bicyclic) bond motifs is 3. The van der Waals surface area contributed by atoms with E-state index in [-0.39, 0.29) is 5.97 Å². The van der Waals surface area contributed by atoms with E-state index in [1.54, 1.807) is 0 Å². The van der Waals surface area contributed by atoms with Crippen LogP contribution >= 0.6 is 0 Å². The Morgan fingerprint density at radius 3 is 2.68 bits per heavy atom. The largest absolute Gasteiger partial charge is 0.465 e. The van der Waals surface area contributed by atoms with E-state index in [0.29, 0.717) is 11.2 Å². The second-order valence-corrected chi connectivity index (χ2v) is 6.98. The van der Waals surface area contributed by atoms with Crippen LogP contribution in [0.25, 0.3) is 16.7 Å². The molecule has 0 unspecified atom stereocenters. The number of hydrogen-bond acceptors (Lipinski definition) is 4. The Morgan fingerprint density at radius 1 is 1.24 bits per heavy atom. The van der Waals surface area contributed by atoms with Crippen LogP contribution in [0.5, 0.6) is 0 Å². The Balaban J connectivity index is 2.01. The van der Waals surface area contributed by atoms with Crippen molar-refractivity contribution >= 4 is 28.5 Å². The van der Waals surface area contributed by atoms with E-state index < -0.39 is 0 Å². The molecule has 0 spiro atoms. The van der Waals surface area contributed by atoms with Crippen molar-refractivity contribution in [3.8, 4) is 0 Å². The molecule has 1 saturated heterocycles. The average Bonchev–Trinajstić information content (AvgIpc) is 3.00. The monoisotopic (exact) mass is 337 g/mol. The predicted octanol–water partition coefficient (Wildman–Crippen LogP) is 3.82. The zero-order valence-corrected chi connectivity index (χ0v) is 15.0. The summed E-state index contributed by atoms with van der Waals surface area (Å²) in [5.74, 6) is 1.54. The molecule has 0 amide bonds. The van der Waals surface area contributed by atoms with Crippen LogP contribution in [0.2, 0.25) is 0 Å². The van der Waals surface area contributed by atoms with E-state index in [4.69, 9.17) is 9.72 Å². The number of rotatable bonds is 2. The van der Waals surface area contributed by atoms with Crippen LogP contribution in [0.1, 0.15) is 35.7 Å². The van der Waals surface area contributed by atoms with E-state index in [2.05, 4.69) is 28.4 Å². The van der Waals surface area contributed by atoms with Crippen LogP contribution in [0.4, 0.5) is 5.82 Å². The van der Waals surface area contributed by atoms with Gasteiger partial charge in [-0.25, -0.2) is 9.78 Å². The Hall–Kier alpha value is -2.56. The lowest BCUT2D eigenvalue weighted by Crippen LogP contribution is -2.34. The number of ether oxygens (including phenoxy) is 1. The first-order valence-corrected chi connectivity index (χ1v) is 8.84.